The van der Waals surface area contributed by atoms with Gasteiger partial charge in [-0.3, -0.25) is 0 Å². The first-order chi connectivity index (χ1) is 8.79. The molecule has 2 heterocycles. The van der Waals surface area contributed by atoms with Crippen LogP contribution in [0.4, 0.5) is 0 Å². The van der Waals surface area contributed by atoms with Crippen molar-refractivity contribution in [2.45, 2.75) is 5.03 Å². The molecule has 2 rings (SSSR count). The topological polar surface area (TPSA) is 41.9 Å². The molecule has 19 heavy (non-hydrogen) atoms. The molecule has 6 heteroatoms. The zero-order valence-corrected chi connectivity index (χ0v) is 12.5. The second-order valence-corrected chi connectivity index (χ2v) is 6.84. The predicted octanol–water partition coefficient (Wildman–Crippen LogP) is 1.06. The molecule has 0 aliphatic carbocycles. The summed E-state index contributed by atoms with van der Waals surface area (Å²) in [6, 6.07) is 7.22. The smallest absolute Gasteiger partial charge is 0.218 e. The van der Waals surface area contributed by atoms with Crippen LogP contribution in [0, 0.1) is 0 Å². The summed E-state index contributed by atoms with van der Waals surface area (Å²) in [6.45, 7) is 0. The fourth-order valence-corrected chi connectivity index (χ4v) is 2.92. The Kier molecular flexibility index (Phi) is 3.60. The molecular formula is C13H15ClN2O2S+2. The van der Waals surface area contributed by atoms with E-state index in [0.29, 0.717) is 5.15 Å². The van der Waals surface area contributed by atoms with Crippen LogP contribution < -0.4 is 9.13 Å². The average molecular weight is 299 g/mol. The summed E-state index contributed by atoms with van der Waals surface area (Å²) in [5.74, 6) is 0. The van der Waals surface area contributed by atoms with Crippen LogP contribution in [-0.2, 0) is 23.9 Å². The van der Waals surface area contributed by atoms with E-state index in [2.05, 4.69) is 0 Å². The SMILES string of the molecule is C[n+]1ccc(-c2cc[n+](C)c(S(C)(=O)=O)c2)cc1Cl. The molecule has 2 aromatic heterocycles. The lowest BCUT2D eigenvalue weighted by molar-refractivity contribution is -0.709. The van der Waals surface area contributed by atoms with Crippen molar-refractivity contribution in [1.82, 2.24) is 0 Å². The minimum atomic E-state index is -3.26. The average Bonchev–Trinajstić information content (AvgIpc) is 2.32. The highest BCUT2D eigenvalue weighted by atomic mass is 35.5. The van der Waals surface area contributed by atoms with Gasteiger partial charge in [-0.25, -0.2) is 8.42 Å². The summed E-state index contributed by atoms with van der Waals surface area (Å²) < 4.78 is 26.8. The first kappa shape index (κ1) is 14.0. The lowest BCUT2D eigenvalue weighted by atomic mass is 10.1. The van der Waals surface area contributed by atoms with Crippen molar-refractivity contribution in [2.75, 3.05) is 6.26 Å². The summed E-state index contributed by atoms with van der Waals surface area (Å²) in [5.41, 5.74) is 1.70. The molecular weight excluding hydrogens is 284 g/mol. The second kappa shape index (κ2) is 4.90. The third kappa shape index (κ3) is 2.93. The number of aryl methyl sites for hydroxylation is 2. The molecule has 0 aromatic carbocycles. The predicted molar refractivity (Wildman–Crippen MR) is 72.3 cm³/mol. The summed E-state index contributed by atoms with van der Waals surface area (Å²) in [5, 5.41) is 0.862. The van der Waals surface area contributed by atoms with Gasteiger partial charge < -0.3 is 0 Å². The normalized spacial score (nSPS) is 11.6. The van der Waals surface area contributed by atoms with Crippen molar-refractivity contribution >= 4 is 21.4 Å². The number of hydrogen-bond acceptors (Lipinski definition) is 2. The maximum absolute atomic E-state index is 11.7. The van der Waals surface area contributed by atoms with E-state index in [0.717, 1.165) is 11.1 Å². The zero-order chi connectivity index (χ0) is 14.2. The number of hydrogen-bond donors (Lipinski definition) is 0. The number of sulfone groups is 1. The Labute approximate surface area is 117 Å². The third-order valence-corrected chi connectivity index (χ3v) is 4.45. The first-order valence-electron chi connectivity index (χ1n) is 5.64. The van der Waals surface area contributed by atoms with Gasteiger partial charge in [0.2, 0.25) is 9.84 Å². The molecule has 0 N–H and O–H groups in total. The van der Waals surface area contributed by atoms with Crippen LogP contribution in [-0.4, -0.2) is 14.7 Å². The number of halogens is 1. The summed E-state index contributed by atoms with van der Waals surface area (Å²) in [7, 11) is 0.295. The van der Waals surface area contributed by atoms with Gasteiger partial charge in [-0.05, 0) is 22.7 Å². The lowest BCUT2D eigenvalue weighted by Gasteiger charge is -2.03. The van der Waals surface area contributed by atoms with Gasteiger partial charge in [0.1, 0.15) is 14.1 Å². The van der Waals surface area contributed by atoms with Crippen LogP contribution >= 0.6 is 11.6 Å². The molecule has 2 aromatic rings. The maximum atomic E-state index is 11.7. The van der Waals surface area contributed by atoms with Gasteiger partial charge in [-0.2, -0.15) is 9.13 Å². The largest absolute Gasteiger partial charge is 0.297 e. The molecule has 0 spiro atoms. The molecule has 0 fully saturated rings. The maximum Gasteiger partial charge on any atom is 0.297 e. The van der Waals surface area contributed by atoms with Crippen molar-refractivity contribution in [3.8, 4) is 11.1 Å². The fraction of sp³-hybridized carbons (Fsp3) is 0.231. The van der Waals surface area contributed by atoms with Crippen LogP contribution in [0.1, 0.15) is 0 Å². The Morgan fingerprint density at radius 1 is 1.00 bits per heavy atom. The van der Waals surface area contributed by atoms with Crippen molar-refractivity contribution in [3.05, 3.63) is 41.8 Å². The van der Waals surface area contributed by atoms with Gasteiger partial charge in [0.05, 0.1) is 0 Å². The Morgan fingerprint density at radius 2 is 1.53 bits per heavy atom. The Hall–Kier alpha value is -1.46. The second-order valence-electron chi connectivity index (χ2n) is 4.49. The molecule has 0 atom stereocenters. The van der Waals surface area contributed by atoms with Crippen molar-refractivity contribution in [1.29, 1.82) is 0 Å². The van der Waals surface area contributed by atoms with E-state index < -0.39 is 9.84 Å². The number of aromatic nitrogens is 2. The summed E-state index contributed by atoms with van der Waals surface area (Å²) in [4.78, 5) is 0. The van der Waals surface area contributed by atoms with Gasteiger partial charge in [-0.1, -0.05) is 0 Å². The Balaban J connectivity index is 2.61. The van der Waals surface area contributed by atoms with Gasteiger partial charge in [0.25, 0.3) is 10.2 Å². The van der Waals surface area contributed by atoms with Gasteiger partial charge in [0, 0.05) is 30.5 Å². The molecule has 0 aliphatic rings. The van der Waals surface area contributed by atoms with Crippen LogP contribution in [0.3, 0.4) is 0 Å². The zero-order valence-electron chi connectivity index (χ0n) is 11.0. The van der Waals surface area contributed by atoms with Gasteiger partial charge in [-0.15, -0.1) is 0 Å². The highest BCUT2D eigenvalue weighted by Crippen LogP contribution is 2.21. The monoisotopic (exact) mass is 298 g/mol. The molecule has 4 nitrogen and oxygen atoms in total. The van der Waals surface area contributed by atoms with E-state index in [1.165, 1.54) is 6.26 Å². The Bertz CT molecular complexity index is 742. The van der Waals surface area contributed by atoms with Crippen molar-refractivity contribution < 1.29 is 17.6 Å². The summed E-state index contributed by atoms with van der Waals surface area (Å²) in [6.07, 6.45) is 4.77. The number of pyridine rings is 2. The highest BCUT2D eigenvalue weighted by molar-refractivity contribution is 7.90. The molecule has 0 amide bonds. The number of nitrogens with zero attached hydrogens (tertiary/aromatic N) is 2. The summed E-state index contributed by atoms with van der Waals surface area (Å²) >= 11 is 6.06. The minimum Gasteiger partial charge on any atom is -0.218 e. The molecule has 0 radical (unpaired) electrons. The highest BCUT2D eigenvalue weighted by Gasteiger charge is 2.20. The minimum absolute atomic E-state index is 0.273. The van der Waals surface area contributed by atoms with Crippen LogP contribution in [0.2, 0.25) is 5.15 Å². The molecule has 0 unspecified atom stereocenters. The van der Waals surface area contributed by atoms with E-state index in [4.69, 9.17) is 11.6 Å². The van der Waals surface area contributed by atoms with E-state index >= 15 is 0 Å². The Morgan fingerprint density at radius 3 is 2.05 bits per heavy atom. The van der Waals surface area contributed by atoms with Crippen LogP contribution in [0.15, 0.2) is 41.7 Å². The van der Waals surface area contributed by atoms with Gasteiger partial charge in [0.15, 0.2) is 12.4 Å². The quantitative estimate of drug-likeness (QED) is 0.614. The lowest BCUT2D eigenvalue weighted by Crippen LogP contribution is -2.34. The fourth-order valence-electron chi connectivity index (χ4n) is 1.82. The van der Waals surface area contributed by atoms with E-state index in [1.54, 1.807) is 28.4 Å². The molecule has 0 aliphatic heterocycles. The van der Waals surface area contributed by atoms with Crippen molar-refractivity contribution in [2.24, 2.45) is 14.1 Å². The standard InChI is InChI=1S/C13H15ClN2O2S/c1-15-6-4-10(8-12(15)14)11-5-7-16(2)13(9-11)19(3,17)18/h4-9H,1-3H3/q+2. The molecule has 0 saturated heterocycles. The molecule has 0 saturated carbocycles. The van der Waals surface area contributed by atoms with Crippen LogP contribution in [0.25, 0.3) is 11.1 Å². The number of rotatable bonds is 2. The molecule has 0 bridgehead atoms. The van der Waals surface area contributed by atoms with E-state index in [9.17, 15) is 8.42 Å². The van der Waals surface area contributed by atoms with E-state index in [1.807, 2.05) is 31.4 Å². The third-order valence-electron chi connectivity index (χ3n) is 2.91. The van der Waals surface area contributed by atoms with Crippen molar-refractivity contribution in [3.63, 3.8) is 0 Å². The van der Waals surface area contributed by atoms with E-state index in [-0.39, 0.29) is 5.03 Å². The first-order valence-corrected chi connectivity index (χ1v) is 7.91. The van der Waals surface area contributed by atoms with Gasteiger partial charge >= 0.3 is 0 Å². The van der Waals surface area contributed by atoms with Crippen LogP contribution in [0.5, 0.6) is 0 Å². The molecule has 100 valence electrons.